The highest BCUT2D eigenvalue weighted by Gasteiger charge is 2.53. The molecular formula is C37H47N7O7. The largest absolute Gasteiger partial charge is 0.444 e. The van der Waals surface area contributed by atoms with Crippen LogP contribution in [-0.4, -0.2) is 85.7 Å². The van der Waals surface area contributed by atoms with Crippen molar-refractivity contribution in [1.29, 1.82) is 0 Å². The van der Waals surface area contributed by atoms with E-state index >= 15 is 0 Å². The third kappa shape index (κ3) is 7.27. The molecule has 1 saturated carbocycles. The van der Waals surface area contributed by atoms with Crippen LogP contribution in [0.5, 0.6) is 0 Å². The monoisotopic (exact) mass is 701 g/mol. The lowest BCUT2D eigenvalue weighted by Crippen LogP contribution is -2.46. The first-order valence-corrected chi connectivity index (χ1v) is 17.4. The van der Waals surface area contributed by atoms with E-state index in [1.54, 1.807) is 29.9 Å². The molecule has 3 aromatic heterocycles. The first kappa shape index (κ1) is 35.8. The summed E-state index contributed by atoms with van der Waals surface area (Å²) in [7, 11) is 0. The molecule has 2 fully saturated rings. The number of aryl methyl sites for hydroxylation is 1. The van der Waals surface area contributed by atoms with Crippen LogP contribution >= 0.6 is 0 Å². The zero-order valence-electron chi connectivity index (χ0n) is 30.4. The molecule has 0 spiro atoms. The number of nitrogens with one attached hydrogen (secondary N) is 1. The number of carbonyl (C=O) groups excluding carboxylic acids is 4. The number of alkyl carbamates (subject to hydrolysis) is 1. The van der Waals surface area contributed by atoms with Crippen molar-refractivity contribution in [1.82, 2.24) is 29.4 Å². The predicted molar refractivity (Wildman–Crippen MR) is 189 cm³/mol. The highest BCUT2D eigenvalue weighted by molar-refractivity contribution is 6.01. The Bertz CT molecular complexity index is 2010. The number of aromatic nitrogens is 4. The van der Waals surface area contributed by atoms with Gasteiger partial charge in [0, 0.05) is 17.1 Å². The van der Waals surface area contributed by atoms with Crippen molar-refractivity contribution in [2.45, 2.75) is 97.1 Å². The second-order valence-electron chi connectivity index (χ2n) is 15.0. The zero-order valence-corrected chi connectivity index (χ0v) is 30.4. The molecule has 0 atom stereocenters. The van der Waals surface area contributed by atoms with Crippen molar-refractivity contribution in [3.05, 3.63) is 53.0 Å². The van der Waals surface area contributed by atoms with Crippen molar-refractivity contribution < 1.29 is 33.4 Å². The van der Waals surface area contributed by atoms with Gasteiger partial charge in [-0.2, -0.15) is 5.10 Å². The number of ether oxygens (including phenoxy) is 3. The van der Waals surface area contributed by atoms with Gasteiger partial charge >= 0.3 is 18.2 Å². The van der Waals surface area contributed by atoms with Crippen LogP contribution in [0, 0.1) is 13.8 Å². The maximum Gasteiger partial charge on any atom is 0.421 e. The third-order valence-corrected chi connectivity index (χ3v) is 9.86. The smallest absolute Gasteiger partial charge is 0.421 e. The van der Waals surface area contributed by atoms with E-state index in [-0.39, 0.29) is 24.3 Å². The van der Waals surface area contributed by atoms with Gasteiger partial charge in [0.05, 0.1) is 17.8 Å². The third-order valence-electron chi connectivity index (χ3n) is 9.86. The lowest BCUT2D eigenvalue weighted by atomic mass is 9.87. The topological polar surface area (TPSA) is 172 Å². The number of carbonyl (C=O) groups is 4. The van der Waals surface area contributed by atoms with E-state index in [0.717, 1.165) is 64.8 Å². The summed E-state index contributed by atoms with van der Waals surface area (Å²) < 4.78 is 19.6. The minimum absolute atomic E-state index is 0.00171. The van der Waals surface area contributed by atoms with Crippen molar-refractivity contribution in [3.63, 3.8) is 0 Å². The van der Waals surface area contributed by atoms with Crippen LogP contribution in [0.1, 0.15) is 94.4 Å². The van der Waals surface area contributed by atoms with Gasteiger partial charge in [0.1, 0.15) is 17.5 Å². The fourth-order valence-electron chi connectivity index (χ4n) is 7.05. The second-order valence-corrected chi connectivity index (χ2v) is 15.0. The molecule has 1 aromatic carbocycles. The first-order valence-electron chi connectivity index (χ1n) is 17.4. The number of likely N-dealkylation sites (tertiary alicyclic amines) is 1. The number of amides is 2. The van der Waals surface area contributed by atoms with Crippen LogP contribution in [0.15, 0.2) is 30.7 Å². The quantitative estimate of drug-likeness (QED) is 0.172. The molecule has 3 N–H and O–H groups in total. The van der Waals surface area contributed by atoms with Crippen LogP contribution in [0.4, 0.5) is 9.59 Å². The molecule has 0 unspecified atom stereocenters. The zero-order chi connectivity index (χ0) is 36.8. The fraction of sp³-hybridized carbons (Fsp3) is 0.514. The van der Waals surface area contributed by atoms with E-state index in [0.29, 0.717) is 24.1 Å². The summed E-state index contributed by atoms with van der Waals surface area (Å²) in [6.45, 7) is 14.5. The van der Waals surface area contributed by atoms with E-state index in [2.05, 4.69) is 40.2 Å². The van der Waals surface area contributed by atoms with Crippen LogP contribution in [0.25, 0.3) is 27.8 Å². The van der Waals surface area contributed by atoms with Crippen LogP contribution in [0.3, 0.4) is 0 Å². The van der Waals surface area contributed by atoms with Crippen LogP contribution < -0.4 is 11.1 Å². The van der Waals surface area contributed by atoms with Gasteiger partial charge in [0.15, 0.2) is 5.65 Å². The number of nitrogens with zero attached hydrogens (tertiary/aromatic N) is 5. The molecule has 1 saturated heterocycles. The molecule has 2 amide bonds. The Morgan fingerprint density at radius 3 is 2.39 bits per heavy atom. The number of rotatable bonds is 9. The normalized spacial score (nSPS) is 16.4. The van der Waals surface area contributed by atoms with Gasteiger partial charge in [-0.1, -0.05) is 19.9 Å². The number of esters is 1. The lowest BCUT2D eigenvalue weighted by molar-refractivity contribution is -0.155. The lowest BCUT2D eigenvalue weighted by Gasteiger charge is -2.31. The summed E-state index contributed by atoms with van der Waals surface area (Å²) in [5.41, 5.74) is 10.3. The summed E-state index contributed by atoms with van der Waals surface area (Å²) in [6, 6.07) is 6.16. The summed E-state index contributed by atoms with van der Waals surface area (Å²) in [5, 5.41) is 7.93. The van der Waals surface area contributed by atoms with Gasteiger partial charge in [0.2, 0.25) is 12.7 Å². The van der Waals surface area contributed by atoms with Crippen molar-refractivity contribution in [3.8, 4) is 11.3 Å². The van der Waals surface area contributed by atoms with Crippen molar-refractivity contribution in [2.75, 3.05) is 26.4 Å². The van der Waals surface area contributed by atoms with Gasteiger partial charge < -0.3 is 25.3 Å². The molecule has 14 heteroatoms. The van der Waals surface area contributed by atoms with Gasteiger partial charge in [-0.15, -0.1) is 0 Å². The highest BCUT2D eigenvalue weighted by Crippen LogP contribution is 2.42. The number of pyridine rings is 1. The van der Waals surface area contributed by atoms with Gasteiger partial charge in [-0.05, 0) is 120 Å². The summed E-state index contributed by atoms with van der Waals surface area (Å²) in [5.74, 6) is -0.750. The highest BCUT2D eigenvalue weighted by atomic mass is 16.7. The molecule has 14 nitrogen and oxygen atoms in total. The number of nitrogens with two attached hydrogens (primary N) is 1. The Morgan fingerprint density at radius 1 is 1.06 bits per heavy atom. The molecule has 0 radical (unpaired) electrons. The molecule has 6 rings (SSSR count). The Balaban J connectivity index is 1.34. The minimum Gasteiger partial charge on any atom is -0.444 e. The minimum atomic E-state index is -1.21. The van der Waals surface area contributed by atoms with Crippen LogP contribution in [0.2, 0.25) is 0 Å². The molecule has 4 aromatic rings. The summed E-state index contributed by atoms with van der Waals surface area (Å²) >= 11 is 0. The Morgan fingerprint density at radius 2 is 1.76 bits per heavy atom. The molecule has 272 valence electrons. The standard InChI is InChI=1S/C37H47N7O7/c1-21(2)30-26-16-25(24-10-14-42(15-11-24)18-29(38)45)8-9-28(26)44(31(30)27-17-43-32(39-19-40-43)23(4)22(27)3)35(48)50-20-49-33(46)37(12-13-37)41-34(47)51-36(5,6)7/h8-9,16-17,19,21,24H,10-15,18,20H2,1-7H3,(H2,38,45)(H,41,47). The first-order chi connectivity index (χ1) is 24.1. The fourth-order valence-corrected chi connectivity index (χ4v) is 7.05. The number of benzene rings is 1. The molecule has 51 heavy (non-hydrogen) atoms. The van der Waals surface area contributed by atoms with Gasteiger partial charge in [0.25, 0.3) is 0 Å². The summed E-state index contributed by atoms with van der Waals surface area (Å²) in [4.78, 5) is 57.6. The molecule has 4 heterocycles. The predicted octanol–water partition coefficient (Wildman–Crippen LogP) is 5.30. The van der Waals surface area contributed by atoms with Crippen molar-refractivity contribution >= 4 is 40.6 Å². The van der Waals surface area contributed by atoms with Crippen LogP contribution in [-0.2, 0) is 23.8 Å². The average molecular weight is 702 g/mol. The Labute approximate surface area is 296 Å². The molecule has 1 aliphatic carbocycles. The maximum absolute atomic E-state index is 14.2. The number of piperidine rings is 1. The summed E-state index contributed by atoms with van der Waals surface area (Å²) in [6.07, 6.45) is 4.47. The molecule has 1 aliphatic heterocycles. The second kappa shape index (κ2) is 13.6. The maximum atomic E-state index is 14.2. The molecular weight excluding hydrogens is 654 g/mol. The van der Waals surface area contributed by atoms with E-state index in [1.165, 1.54) is 6.33 Å². The van der Waals surface area contributed by atoms with E-state index in [4.69, 9.17) is 19.9 Å². The Hall–Kier alpha value is -4.98. The SMILES string of the molecule is Cc1c(-c2c(C(C)C)c3cc(C4CCN(CC(N)=O)CC4)ccc3n2C(=O)OCOC(=O)C2(NC(=O)OC(C)(C)C)CC2)cn2ncnc2c1C. The average Bonchev–Trinajstić information content (AvgIpc) is 3.52. The van der Waals surface area contributed by atoms with Gasteiger partial charge in [-0.3, -0.25) is 9.69 Å². The number of primary amides is 1. The number of hydrogen-bond donors (Lipinski definition) is 2. The molecule has 2 aliphatic rings. The van der Waals surface area contributed by atoms with E-state index in [9.17, 15) is 19.2 Å². The van der Waals surface area contributed by atoms with E-state index < -0.39 is 36.1 Å². The van der Waals surface area contributed by atoms with Gasteiger partial charge in [-0.25, -0.2) is 28.5 Å². The number of hydrogen-bond acceptors (Lipinski definition) is 10. The number of fused-ring (bicyclic) bond motifs is 2. The Kier molecular flexibility index (Phi) is 9.57. The van der Waals surface area contributed by atoms with Crippen molar-refractivity contribution in [2.24, 2.45) is 5.73 Å². The van der Waals surface area contributed by atoms with E-state index in [1.807, 2.05) is 32.2 Å². The molecule has 0 bridgehead atoms.